The Bertz CT molecular complexity index is 600. The zero-order chi connectivity index (χ0) is 14.1. The molecule has 1 aromatic carbocycles. The summed E-state index contributed by atoms with van der Waals surface area (Å²) >= 11 is 0. The molecule has 2 aromatic rings. The smallest absolute Gasteiger partial charge is 0.230 e. The van der Waals surface area contributed by atoms with Crippen LogP contribution in [0.15, 0.2) is 28.8 Å². The molecule has 2 N–H and O–H groups in total. The Balaban J connectivity index is 1.97. The standard InChI is InChI=1S/C16H19FN2O/c1-10-5-7-11(8-6-10)15-14(16(18)20-19-15)12-3-2-4-13(17)9-12/h2-4,9-11H,5-8,18H2,1H3. The Morgan fingerprint density at radius 3 is 2.70 bits per heavy atom. The lowest BCUT2D eigenvalue weighted by Crippen LogP contribution is -2.12. The van der Waals surface area contributed by atoms with Crippen LogP contribution in [0.25, 0.3) is 11.1 Å². The molecule has 1 aliphatic carbocycles. The van der Waals surface area contributed by atoms with E-state index in [1.807, 2.05) is 6.07 Å². The van der Waals surface area contributed by atoms with Crippen LogP contribution in [0.1, 0.15) is 44.2 Å². The normalized spacial score (nSPS) is 22.9. The zero-order valence-electron chi connectivity index (χ0n) is 11.6. The van der Waals surface area contributed by atoms with Crippen LogP contribution < -0.4 is 5.73 Å². The second kappa shape index (κ2) is 5.27. The van der Waals surface area contributed by atoms with Crippen LogP contribution in [-0.2, 0) is 0 Å². The quantitative estimate of drug-likeness (QED) is 0.885. The molecule has 0 unspecified atom stereocenters. The Kier molecular flexibility index (Phi) is 3.47. The molecule has 0 amide bonds. The second-order valence-corrected chi connectivity index (χ2v) is 5.77. The van der Waals surface area contributed by atoms with Crippen LogP contribution in [0.3, 0.4) is 0 Å². The van der Waals surface area contributed by atoms with Gasteiger partial charge < -0.3 is 10.3 Å². The first-order valence-corrected chi connectivity index (χ1v) is 7.16. The van der Waals surface area contributed by atoms with Gasteiger partial charge in [0.05, 0.1) is 11.3 Å². The van der Waals surface area contributed by atoms with Crippen molar-refractivity contribution in [2.24, 2.45) is 5.92 Å². The topological polar surface area (TPSA) is 52.0 Å². The highest BCUT2D eigenvalue weighted by Crippen LogP contribution is 2.41. The number of halogens is 1. The van der Waals surface area contributed by atoms with E-state index in [-0.39, 0.29) is 11.7 Å². The first kappa shape index (κ1) is 13.2. The number of aromatic nitrogens is 1. The molecule has 0 aliphatic heterocycles. The van der Waals surface area contributed by atoms with Crippen molar-refractivity contribution in [1.29, 1.82) is 0 Å². The van der Waals surface area contributed by atoms with E-state index in [9.17, 15) is 4.39 Å². The van der Waals surface area contributed by atoms with Gasteiger partial charge in [0.1, 0.15) is 5.82 Å². The van der Waals surface area contributed by atoms with Crippen LogP contribution in [-0.4, -0.2) is 5.16 Å². The van der Waals surface area contributed by atoms with Crippen molar-refractivity contribution in [1.82, 2.24) is 5.16 Å². The molecule has 0 saturated heterocycles. The number of anilines is 1. The minimum atomic E-state index is -0.272. The number of rotatable bonds is 2. The number of hydrogen-bond acceptors (Lipinski definition) is 3. The van der Waals surface area contributed by atoms with Crippen molar-refractivity contribution in [2.45, 2.75) is 38.5 Å². The van der Waals surface area contributed by atoms with Gasteiger partial charge in [0.2, 0.25) is 5.88 Å². The summed E-state index contributed by atoms with van der Waals surface area (Å²) in [6.45, 7) is 2.28. The van der Waals surface area contributed by atoms with E-state index >= 15 is 0 Å². The molecule has 4 heteroatoms. The largest absolute Gasteiger partial charge is 0.367 e. The number of nitrogens with zero attached hydrogens (tertiary/aromatic N) is 1. The fourth-order valence-electron chi connectivity index (χ4n) is 3.06. The summed E-state index contributed by atoms with van der Waals surface area (Å²) in [5.41, 5.74) is 8.31. The number of hydrogen-bond donors (Lipinski definition) is 1. The summed E-state index contributed by atoms with van der Waals surface area (Å²) in [6, 6.07) is 6.44. The molecule has 1 aromatic heterocycles. The third-order valence-corrected chi connectivity index (χ3v) is 4.26. The molecule has 106 valence electrons. The van der Waals surface area contributed by atoms with Crippen LogP contribution in [0.4, 0.5) is 10.3 Å². The van der Waals surface area contributed by atoms with Crippen molar-refractivity contribution in [2.75, 3.05) is 5.73 Å². The van der Waals surface area contributed by atoms with Gasteiger partial charge in [-0.2, -0.15) is 0 Å². The van der Waals surface area contributed by atoms with Gasteiger partial charge >= 0.3 is 0 Å². The summed E-state index contributed by atoms with van der Waals surface area (Å²) < 4.78 is 18.6. The maximum atomic E-state index is 13.4. The SMILES string of the molecule is CC1CCC(c2noc(N)c2-c2cccc(F)c2)CC1. The fraction of sp³-hybridized carbons (Fsp3) is 0.438. The summed E-state index contributed by atoms with van der Waals surface area (Å²) in [6.07, 6.45) is 4.57. The molecule has 1 fully saturated rings. The van der Waals surface area contributed by atoms with Crippen molar-refractivity contribution in [3.63, 3.8) is 0 Å². The third-order valence-electron chi connectivity index (χ3n) is 4.26. The predicted molar refractivity (Wildman–Crippen MR) is 76.7 cm³/mol. The van der Waals surface area contributed by atoms with Gasteiger partial charge in [-0.3, -0.25) is 0 Å². The van der Waals surface area contributed by atoms with E-state index in [2.05, 4.69) is 12.1 Å². The summed E-state index contributed by atoms with van der Waals surface area (Å²) in [4.78, 5) is 0. The van der Waals surface area contributed by atoms with Gasteiger partial charge in [0.15, 0.2) is 0 Å². The highest BCUT2D eigenvalue weighted by molar-refractivity contribution is 5.75. The van der Waals surface area contributed by atoms with Gasteiger partial charge in [-0.1, -0.05) is 37.1 Å². The molecule has 1 saturated carbocycles. The molecular weight excluding hydrogens is 255 g/mol. The molecule has 0 bridgehead atoms. The van der Waals surface area contributed by atoms with E-state index in [4.69, 9.17) is 10.3 Å². The minimum Gasteiger partial charge on any atom is -0.367 e. The summed E-state index contributed by atoms with van der Waals surface area (Å²) in [5.74, 6) is 1.15. The van der Waals surface area contributed by atoms with Crippen molar-refractivity contribution >= 4 is 5.88 Å². The van der Waals surface area contributed by atoms with Crippen LogP contribution >= 0.6 is 0 Å². The molecule has 0 atom stereocenters. The number of nitrogens with two attached hydrogens (primary N) is 1. The first-order chi connectivity index (χ1) is 9.65. The first-order valence-electron chi connectivity index (χ1n) is 7.16. The van der Waals surface area contributed by atoms with Gasteiger partial charge in [0, 0.05) is 5.92 Å². The lowest BCUT2D eigenvalue weighted by atomic mass is 9.80. The second-order valence-electron chi connectivity index (χ2n) is 5.77. The highest BCUT2D eigenvalue weighted by atomic mass is 19.1. The van der Waals surface area contributed by atoms with Gasteiger partial charge in [-0.15, -0.1) is 0 Å². The molecule has 3 nitrogen and oxygen atoms in total. The molecular formula is C16H19FN2O. The van der Waals surface area contributed by atoms with Crippen LogP contribution in [0, 0.1) is 11.7 Å². The minimum absolute atomic E-state index is 0.272. The average molecular weight is 274 g/mol. The fourth-order valence-corrected chi connectivity index (χ4v) is 3.06. The van der Waals surface area contributed by atoms with Gasteiger partial charge in [-0.25, -0.2) is 4.39 Å². The Hall–Kier alpha value is -1.84. The lowest BCUT2D eigenvalue weighted by Gasteiger charge is -2.25. The Morgan fingerprint density at radius 1 is 1.25 bits per heavy atom. The predicted octanol–water partition coefficient (Wildman–Crippen LogP) is 4.36. The molecule has 20 heavy (non-hydrogen) atoms. The molecule has 1 aliphatic rings. The maximum absolute atomic E-state index is 13.4. The van der Waals surface area contributed by atoms with E-state index in [0.717, 1.165) is 35.6 Å². The van der Waals surface area contributed by atoms with Crippen LogP contribution in [0.5, 0.6) is 0 Å². The maximum Gasteiger partial charge on any atom is 0.230 e. The van der Waals surface area contributed by atoms with E-state index in [1.165, 1.54) is 25.0 Å². The summed E-state index contributed by atoms with van der Waals surface area (Å²) in [5, 5.41) is 4.15. The number of benzene rings is 1. The molecule has 0 spiro atoms. The van der Waals surface area contributed by atoms with Crippen molar-refractivity contribution in [3.05, 3.63) is 35.8 Å². The summed E-state index contributed by atoms with van der Waals surface area (Å²) in [7, 11) is 0. The lowest BCUT2D eigenvalue weighted by molar-refractivity contribution is 0.331. The van der Waals surface area contributed by atoms with E-state index < -0.39 is 0 Å². The number of nitrogen functional groups attached to an aromatic ring is 1. The average Bonchev–Trinajstić information content (AvgIpc) is 2.81. The van der Waals surface area contributed by atoms with E-state index in [0.29, 0.717) is 5.92 Å². The van der Waals surface area contributed by atoms with Crippen molar-refractivity contribution in [3.8, 4) is 11.1 Å². The van der Waals surface area contributed by atoms with Crippen LogP contribution in [0.2, 0.25) is 0 Å². The Morgan fingerprint density at radius 2 is 2.00 bits per heavy atom. The van der Waals surface area contributed by atoms with Gasteiger partial charge in [0.25, 0.3) is 0 Å². The van der Waals surface area contributed by atoms with Gasteiger partial charge in [-0.05, 0) is 36.5 Å². The Labute approximate surface area is 118 Å². The highest BCUT2D eigenvalue weighted by Gasteiger charge is 2.27. The molecule has 1 heterocycles. The monoisotopic (exact) mass is 274 g/mol. The van der Waals surface area contributed by atoms with E-state index in [1.54, 1.807) is 6.07 Å². The third kappa shape index (κ3) is 2.42. The zero-order valence-corrected chi connectivity index (χ0v) is 11.6. The molecule has 3 rings (SSSR count). The molecule has 0 radical (unpaired) electrons. The van der Waals surface area contributed by atoms with Crippen molar-refractivity contribution < 1.29 is 8.91 Å².